The summed E-state index contributed by atoms with van der Waals surface area (Å²) >= 11 is 0. The minimum atomic E-state index is -1.89. The highest BCUT2D eigenvalue weighted by Crippen LogP contribution is 2.80. The number of fused-ring (bicyclic) bond motifs is 4. The van der Waals surface area contributed by atoms with E-state index in [1.165, 1.54) is 18.2 Å². The summed E-state index contributed by atoms with van der Waals surface area (Å²) in [4.78, 5) is 13.1. The average Bonchev–Trinajstić information content (AvgIpc) is 3.96. The summed E-state index contributed by atoms with van der Waals surface area (Å²) < 4.78 is 57.0. The van der Waals surface area contributed by atoms with Crippen molar-refractivity contribution >= 4 is 12.0 Å². The maximum Gasteiger partial charge on any atom is 0.331 e. The summed E-state index contributed by atoms with van der Waals surface area (Å²) in [5.74, 6) is -1.11. The molecule has 10 rings (SSSR count). The number of rotatable bonds is 12. The van der Waals surface area contributed by atoms with Gasteiger partial charge in [-0.2, -0.15) is 0 Å². The van der Waals surface area contributed by atoms with Gasteiger partial charge in [0.2, 0.25) is 0 Å². The van der Waals surface area contributed by atoms with Gasteiger partial charge in [0.15, 0.2) is 30.8 Å². The van der Waals surface area contributed by atoms with Crippen molar-refractivity contribution in [3.05, 3.63) is 47.6 Å². The number of allylic oxidation sites excluding steroid dienone is 1. The summed E-state index contributed by atoms with van der Waals surface area (Å²) in [5.41, 5.74) is -0.0976. The highest BCUT2D eigenvalue weighted by atomic mass is 16.8. The summed E-state index contributed by atoms with van der Waals surface area (Å²) in [6, 6.07) is 5.98. The number of phenols is 1. The molecule has 1 aromatic rings. The molecule has 0 unspecified atom stereocenters. The lowest BCUT2D eigenvalue weighted by atomic mass is 9.35. The van der Waals surface area contributed by atoms with Crippen molar-refractivity contribution in [2.24, 2.45) is 45.3 Å². The lowest BCUT2D eigenvalue weighted by molar-refractivity contribution is -0.375. The monoisotopic (exact) mass is 1040 g/mol. The molecule has 5 aliphatic heterocycles. The Balaban J connectivity index is 0.889. The Bertz CT molecular complexity index is 2250. The summed E-state index contributed by atoms with van der Waals surface area (Å²) in [6.07, 6.45) is -9.73. The molecular weight excluding hydrogens is 965 g/mol. The molecule has 9 fully saturated rings. The molecule has 74 heavy (non-hydrogen) atoms. The number of aliphatic hydroxyl groups is 8. The van der Waals surface area contributed by atoms with Crippen LogP contribution in [0.25, 0.3) is 6.08 Å². The summed E-state index contributed by atoms with van der Waals surface area (Å²) in [5, 5.41) is 98.5. The van der Waals surface area contributed by atoms with Gasteiger partial charge in [-0.15, -0.1) is 0 Å². The van der Waals surface area contributed by atoms with E-state index in [9.17, 15) is 50.8 Å². The fourth-order valence-corrected chi connectivity index (χ4v) is 16.7. The van der Waals surface area contributed by atoms with E-state index in [-0.39, 0.29) is 52.5 Å². The van der Waals surface area contributed by atoms with Crippen LogP contribution in [0.15, 0.2) is 42.0 Å². The van der Waals surface area contributed by atoms with E-state index in [1.807, 2.05) is 6.92 Å². The molecule has 4 saturated carbocycles. The zero-order valence-corrected chi connectivity index (χ0v) is 43.6. The van der Waals surface area contributed by atoms with Gasteiger partial charge in [-0.05, 0) is 117 Å². The van der Waals surface area contributed by atoms with E-state index in [0.29, 0.717) is 30.9 Å². The Kier molecular flexibility index (Phi) is 14.7. The number of aliphatic hydroxyl groups excluding tert-OH is 7. The van der Waals surface area contributed by atoms with Crippen LogP contribution in [0.3, 0.4) is 0 Å². The van der Waals surface area contributed by atoms with Crippen LogP contribution in [0.2, 0.25) is 0 Å². The maximum absolute atomic E-state index is 13.1. The molecular formula is C55H80O19. The van der Waals surface area contributed by atoms with Gasteiger partial charge < -0.3 is 88.6 Å². The van der Waals surface area contributed by atoms with Crippen molar-refractivity contribution in [1.29, 1.82) is 0 Å². The Labute approximate surface area is 432 Å². The normalized spacial score (nSPS) is 50.4. The van der Waals surface area contributed by atoms with Crippen molar-refractivity contribution in [2.75, 3.05) is 26.4 Å². The Morgan fingerprint density at radius 2 is 1.45 bits per heavy atom. The molecule has 4 aliphatic carbocycles. The van der Waals surface area contributed by atoms with Gasteiger partial charge in [0.05, 0.1) is 44.2 Å². The molecule has 9 aliphatic rings. The van der Waals surface area contributed by atoms with Gasteiger partial charge in [-0.1, -0.05) is 51.5 Å². The van der Waals surface area contributed by atoms with Crippen LogP contribution in [-0.2, 0) is 47.4 Å². The first-order chi connectivity index (χ1) is 34.9. The smallest absolute Gasteiger partial charge is 0.331 e. The minimum Gasteiger partial charge on any atom is -0.508 e. The van der Waals surface area contributed by atoms with Crippen molar-refractivity contribution < 1.29 is 93.4 Å². The van der Waals surface area contributed by atoms with Gasteiger partial charge in [0.1, 0.15) is 60.7 Å². The van der Waals surface area contributed by atoms with Crippen LogP contribution >= 0.6 is 0 Å². The molecule has 2 spiro atoms. The van der Waals surface area contributed by atoms with Gasteiger partial charge in [0, 0.05) is 30.3 Å². The van der Waals surface area contributed by atoms with E-state index in [1.54, 1.807) is 12.1 Å². The highest BCUT2D eigenvalue weighted by Gasteiger charge is 2.81. The standard InChI is InChI=1S/C55H80O19/c1-27(2)20-30-21-53(7,65)46-31-13-14-36-51(5)18-17-37(50(3,4)35(51)16-19-52(36,6)54(31)25-55(46,74-30)67-26-54)70-49-45(73-47-41(63)39(61)33(22-56)68-47)43(32(59)24-66-49)72-48-42(64)44(40(62)34(23-57)69-48)71-38(60)15-10-28-8-11-29(58)12-9-28/h8-12,15,20,30-37,39-49,56-59,61-65H,13-14,16-19,21-26H2,1-7H3/b15-10+/t30-,31+,32-,33-,34+,35-,36+,37-,39-,40+,41+,42+,43-,44-,45+,46-,47-,48-,49-,51-,52+,53-,54-,55-/m0/s1. The Morgan fingerprint density at radius 1 is 0.770 bits per heavy atom. The van der Waals surface area contributed by atoms with Gasteiger partial charge in [-0.3, -0.25) is 0 Å². The van der Waals surface area contributed by atoms with E-state index in [4.69, 9.17) is 42.6 Å². The number of phenolic OH excluding ortho intramolecular Hbond substituents is 1. The van der Waals surface area contributed by atoms with Crippen LogP contribution in [0.1, 0.15) is 105 Å². The predicted octanol–water partition coefficient (Wildman–Crippen LogP) is 2.58. The zero-order chi connectivity index (χ0) is 53.1. The molecule has 5 saturated heterocycles. The lowest BCUT2D eigenvalue weighted by Gasteiger charge is -2.70. The Morgan fingerprint density at radius 3 is 2.12 bits per heavy atom. The van der Waals surface area contributed by atoms with Gasteiger partial charge >= 0.3 is 5.97 Å². The number of carbonyl (C=O) groups excluding carboxylic acids is 1. The molecule has 5 heterocycles. The summed E-state index contributed by atoms with van der Waals surface area (Å²) in [6.45, 7) is 14.3. The average molecular weight is 1050 g/mol. The zero-order valence-electron chi connectivity index (χ0n) is 43.6. The number of hydrogen-bond acceptors (Lipinski definition) is 19. The number of benzene rings is 1. The number of aromatic hydroxyl groups is 1. The third kappa shape index (κ3) is 8.94. The number of ether oxygens (including phenoxy) is 9. The minimum absolute atomic E-state index is 0.0275. The molecule has 0 amide bonds. The van der Waals surface area contributed by atoms with Crippen LogP contribution < -0.4 is 0 Å². The van der Waals surface area contributed by atoms with Crippen LogP contribution in [0.5, 0.6) is 5.75 Å². The highest BCUT2D eigenvalue weighted by molar-refractivity contribution is 5.87. The topological polar surface area (TPSA) is 282 Å². The number of hydrogen-bond donors (Lipinski definition) is 9. The van der Waals surface area contributed by atoms with Gasteiger partial charge in [0.25, 0.3) is 0 Å². The van der Waals surface area contributed by atoms with Crippen molar-refractivity contribution in [3.8, 4) is 5.75 Å². The lowest BCUT2D eigenvalue weighted by Crippen LogP contribution is -2.67. The molecule has 0 aromatic heterocycles. The van der Waals surface area contributed by atoms with Crippen molar-refractivity contribution in [2.45, 2.75) is 203 Å². The molecule has 9 N–H and O–H groups in total. The summed E-state index contributed by atoms with van der Waals surface area (Å²) in [7, 11) is 0. The molecule has 24 atom stereocenters. The molecule has 19 heteroatoms. The first kappa shape index (κ1) is 54.7. The first-order valence-corrected chi connectivity index (χ1v) is 26.8. The van der Waals surface area contributed by atoms with Crippen molar-refractivity contribution in [3.63, 3.8) is 0 Å². The first-order valence-electron chi connectivity index (χ1n) is 26.8. The van der Waals surface area contributed by atoms with Crippen LogP contribution in [-0.4, -0.2) is 182 Å². The second-order valence-electron chi connectivity index (χ2n) is 24.8. The fourth-order valence-electron chi connectivity index (χ4n) is 16.7. The molecule has 19 nitrogen and oxygen atoms in total. The van der Waals surface area contributed by atoms with E-state index < -0.39 is 122 Å². The largest absolute Gasteiger partial charge is 0.508 e. The van der Waals surface area contributed by atoms with Crippen LogP contribution in [0, 0.1) is 45.3 Å². The number of esters is 1. The van der Waals surface area contributed by atoms with Crippen LogP contribution in [0.4, 0.5) is 0 Å². The third-order valence-electron chi connectivity index (χ3n) is 19.9. The van der Waals surface area contributed by atoms with E-state index in [0.717, 1.165) is 50.2 Å². The van der Waals surface area contributed by atoms with Crippen molar-refractivity contribution in [1.82, 2.24) is 0 Å². The maximum atomic E-state index is 13.1. The number of carbonyl (C=O) groups is 1. The SMILES string of the molecule is CC(C)=C[C@H]1C[C@](C)(O)[C@@H]2[C@H]3CC[C@@H]4[C@@]5(C)CC[C@H](O[C@@H]6OC[C@H](O)[C@H](O[C@@H]7O[C@H](CO)[C@@H](O)[C@H](OC(=O)/C=C/c8ccc(O)cc8)[C@H]7O)[C@H]6O[C@@H]6O[C@@H](CO)[C@H](O)[C@H]6O)C(C)(C)[C@@H]5CC[C@@]4(C)[C@@]34CO[C@@]2(C4)O1. The molecule has 2 bridgehead atoms. The fraction of sp³-hybridized carbons (Fsp3) is 0.800. The second-order valence-corrected chi connectivity index (χ2v) is 24.8. The molecule has 0 radical (unpaired) electrons. The second kappa shape index (κ2) is 19.9. The Hall–Kier alpha value is -2.67. The predicted molar refractivity (Wildman–Crippen MR) is 260 cm³/mol. The molecule has 414 valence electrons. The van der Waals surface area contributed by atoms with Gasteiger partial charge in [-0.25, -0.2) is 4.79 Å². The quantitative estimate of drug-likeness (QED) is 0.0630. The van der Waals surface area contributed by atoms with E-state index >= 15 is 0 Å². The van der Waals surface area contributed by atoms with E-state index in [2.05, 4.69) is 47.6 Å². The third-order valence-corrected chi connectivity index (χ3v) is 19.9. The molecule has 1 aromatic carbocycles.